The van der Waals surface area contributed by atoms with Gasteiger partial charge in [0.25, 0.3) is 0 Å². The Labute approximate surface area is 273 Å². The molecule has 1 unspecified atom stereocenters. The molecule has 4 amide bonds. The zero-order valence-electron chi connectivity index (χ0n) is 25.2. The largest absolute Gasteiger partial charge is 0.342 e. The molecule has 242 valence electrons. The molecular weight excluding hydrogens is 620 g/mol. The van der Waals surface area contributed by atoms with Crippen molar-refractivity contribution < 1.29 is 23.6 Å². The summed E-state index contributed by atoms with van der Waals surface area (Å²) in [6.45, 7) is 1.00. The van der Waals surface area contributed by atoms with Crippen molar-refractivity contribution in [1.82, 2.24) is 15.1 Å². The van der Waals surface area contributed by atoms with Gasteiger partial charge in [0.2, 0.25) is 23.6 Å². The van der Waals surface area contributed by atoms with Gasteiger partial charge in [-0.3, -0.25) is 19.2 Å². The van der Waals surface area contributed by atoms with E-state index < -0.39 is 29.7 Å². The summed E-state index contributed by atoms with van der Waals surface area (Å²) in [7, 11) is 0. The molecule has 3 aliphatic rings. The number of nitrogens with zero attached hydrogens (tertiary/aromatic N) is 2. The van der Waals surface area contributed by atoms with Crippen molar-refractivity contribution >= 4 is 52.5 Å². The number of halogens is 3. The number of carbonyl (C=O) groups excluding carboxylic acids is 4. The first kappa shape index (κ1) is 33.2. The molecule has 2 fully saturated rings. The minimum atomic E-state index is -1.10. The van der Waals surface area contributed by atoms with Gasteiger partial charge in [0, 0.05) is 38.4 Å². The molecule has 2 aromatic carbocycles. The lowest BCUT2D eigenvalue weighted by Gasteiger charge is -2.44. The SMILES string of the molecule is NCC[C@H](NC(=O)[C@@H]1Cc2ccccc2CN1C(=O)CCC(=O)N1CCCCC1C1CCC1)C(=O)Nc1ccc(Cl)c(Cl)c1F. The van der Waals surface area contributed by atoms with Crippen molar-refractivity contribution in [3.05, 3.63) is 63.4 Å². The molecule has 45 heavy (non-hydrogen) atoms. The Bertz CT molecular complexity index is 1440. The highest BCUT2D eigenvalue weighted by Gasteiger charge is 2.38. The average molecular weight is 661 g/mol. The summed E-state index contributed by atoms with van der Waals surface area (Å²) in [4.78, 5) is 57.4. The number of benzene rings is 2. The van der Waals surface area contributed by atoms with E-state index in [1.54, 1.807) is 0 Å². The number of amides is 4. The van der Waals surface area contributed by atoms with Crippen LogP contribution in [0.4, 0.5) is 10.1 Å². The second-order valence-corrected chi connectivity index (χ2v) is 13.0. The molecule has 2 aromatic rings. The van der Waals surface area contributed by atoms with E-state index in [1.165, 1.54) is 23.5 Å². The quantitative estimate of drug-likeness (QED) is 0.316. The van der Waals surface area contributed by atoms with E-state index in [4.69, 9.17) is 28.9 Å². The number of nitrogens with two attached hydrogens (primary N) is 1. The van der Waals surface area contributed by atoms with Crippen LogP contribution in [0.15, 0.2) is 36.4 Å². The summed E-state index contributed by atoms with van der Waals surface area (Å²) in [5.41, 5.74) is 7.41. The molecule has 0 radical (unpaired) electrons. The number of hydrogen-bond acceptors (Lipinski definition) is 5. The fraction of sp³-hybridized carbons (Fsp3) is 0.515. The predicted molar refractivity (Wildman–Crippen MR) is 171 cm³/mol. The Morgan fingerprint density at radius 1 is 0.933 bits per heavy atom. The highest BCUT2D eigenvalue weighted by Crippen LogP contribution is 2.37. The lowest BCUT2D eigenvalue weighted by Crippen LogP contribution is -2.56. The minimum Gasteiger partial charge on any atom is -0.342 e. The fourth-order valence-electron chi connectivity index (χ4n) is 6.65. The van der Waals surface area contributed by atoms with Crippen LogP contribution in [0.1, 0.15) is 68.9 Å². The van der Waals surface area contributed by atoms with Crippen LogP contribution in [0.5, 0.6) is 0 Å². The lowest BCUT2D eigenvalue weighted by atomic mass is 9.76. The minimum absolute atomic E-state index is 0.00266. The van der Waals surface area contributed by atoms with E-state index in [0.717, 1.165) is 49.8 Å². The van der Waals surface area contributed by atoms with Gasteiger partial charge in [-0.1, -0.05) is 53.9 Å². The van der Waals surface area contributed by atoms with Crippen molar-refractivity contribution in [3.63, 3.8) is 0 Å². The van der Waals surface area contributed by atoms with Gasteiger partial charge in [0.15, 0.2) is 5.82 Å². The molecule has 12 heteroatoms. The molecule has 0 spiro atoms. The van der Waals surface area contributed by atoms with Crippen LogP contribution in [0.3, 0.4) is 0 Å². The van der Waals surface area contributed by atoms with Crippen LogP contribution in [-0.2, 0) is 32.1 Å². The Morgan fingerprint density at radius 2 is 1.64 bits per heavy atom. The summed E-state index contributed by atoms with van der Waals surface area (Å²) in [5.74, 6) is -1.86. The normalized spacial score (nSPS) is 20.5. The van der Waals surface area contributed by atoms with E-state index in [2.05, 4.69) is 10.6 Å². The van der Waals surface area contributed by atoms with Crippen LogP contribution in [0.2, 0.25) is 10.0 Å². The molecule has 2 heterocycles. The van der Waals surface area contributed by atoms with Gasteiger partial charge < -0.3 is 26.2 Å². The third-order valence-electron chi connectivity index (χ3n) is 9.37. The van der Waals surface area contributed by atoms with Crippen LogP contribution in [0.25, 0.3) is 0 Å². The van der Waals surface area contributed by atoms with Crippen molar-refractivity contribution in [2.24, 2.45) is 11.7 Å². The number of rotatable bonds is 10. The van der Waals surface area contributed by atoms with Gasteiger partial charge in [-0.05, 0) is 74.2 Å². The standard InChI is InChI=1S/C33H40Cl2FN5O4/c34-23-11-12-24(31(36)30(23)35)38-32(44)25(15-16-37)39-33(45)27-18-21-6-1-2-7-22(21)19-41(27)29(43)14-13-28(42)40-17-4-3-10-26(40)20-8-5-9-20/h1-2,6-7,11-12,20,25-27H,3-5,8-10,13-19,37H2,(H,38,44)(H,39,45)/t25-,26?,27-/m0/s1. The number of anilines is 1. The summed E-state index contributed by atoms with van der Waals surface area (Å²) in [5, 5.41) is 4.85. The fourth-order valence-corrected chi connectivity index (χ4v) is 6.96. The highest BCUT2D eigenvalue weighted by molar-refractivity contribution is 6.42. The van der Waals surface area contributed by atoms with E-state index in [0.29, 0.717) is 5.92 Å². The van der Waals surface area contributed by atoms with E-state index in [9.17, 15) is 23.6 Å². The van der Waals surface area contributed by atoms with Crippen LogP contribution in [0, 0.1) is 11.7 Å². The smallest absolute Gasteiger partial charge is 0.247 e. The van der Waals surface area contributed by atoms with Gasteiger partial charge in [0.1, 0.15) is 12.1 Å². The topological polar surface area (TPSA) is 125 Å². The second-order valence-electron chi connectivity index (χ2n) is 12.2. The first-order valence-electron chi connectivity index (χ1n) is 15.8. The summed E-state index contributed by atoms with van der Waals surface area (Å²) in [6, 6.07) is 8.47. The third-order valence-corrected chi connectivity index (χ3v) is 10.2. The number of piperidine rings is 1. The van der Waals surface area contributed by atoms with E-state index >= 15 is 0 Å². The second kappa shape index (κ2) is 14.9. The molecule has 0 aromatic heterocycles. The molecule has 3 atom stereocenters. The number of carbonyl (C=O) groups is 4. The summed E-state index contributed by atoms with van der Waals surface area (Å²) < 4.78 is 14.6. The van der Waals surface area contributed by atoms with Gasteiger partial charge >= 0.3 is 0 Å². The average Bonchev–Trinajstić information content (AvgIpc) is 3.02. The van der Waals surface area contributed by atoms with Crippen LogP contribution < -0.4 is 16.4 Å². The molecule has 9 nitrogen and oxygen atoms in total. The third kappa shape index (κ3) is 7.61. The number of likely N-dealkylation sites (tertiary alicyclic amines) is 1. The number of fused-ring (bicyclic) bond motifs is 1. The molecule has 1 saturated heterocycles. The van der Waals surface area contributed by atoms with Gasteiger partial charge in [-0.2, -0.15) is 0 Å². The highest BCUT2D eigenvalue weighted by atomic mass is 35.5. The molecule has 1 aliphatic carbocycles. The van der Waals surface area contributed by atoms with E-state index in [1.807, 2.05) is 29.2 Å². The van der Waals surface area contributed by atoms with Crippen molar-refractivity contribution in [1.29, 1.82) is 0 Å². The summed E-state index contributed by atoms with van der Waals surface area (Å²) >= 11 is 11.7. The molecule has 5 rings (SSSR count). The van der Waals surface area contributed by atoms with Gasteiger partial charge in [-0.15, -0.1) is 0 Å². The Hall–Kier alpha value is -3.21. The van der Waals surface area contributed by atoms with Gasteiger partial charge in [-0.25, -0.2) is 4.39 Å². The Kier molecular flexibility index (Phi) is 11.0. The first-order valence-corrected chi connectivity index (χ1v) is 16.5. The molecule has 1 saturated carbocycles. The van der Waals surface area contributed by atoms with Crippen LogP contribution in [-0.4, -0.2) is 64.6 Å². The molecule has 4 N–H and O–H groups in total. The number of hydrogen-bond donors (Lipinski definition) is 3. The molecular formula is C33H40Cl2FN5O4. The van der Waals surface area contributed by atoms with E-state index in [-0.39, 0.29) is 72.4 Å². The van der Waals surface area contributed by atoms with Crippen molar-refractivity contribution in [3.8, 4) is 0 Å². The van der Waals surface area contributed by atoms with Crippen molar-refractivity contribution in [2.75, 3.05) is 18.4 Å². The maximum Gasteiger partial charge on any atom is 0.247 e. The predicted octanol–water partition coefficient (Wildman–Crippen LogP) is 4.82. The molecule has 2 aliphatic heterocycles. The van der Waals surface area contributed by atoms with Gasteiger partial charge in [0.05, 0.1) is 15.7 Å². The maximum atomic E-state index is 14.6. The Balaban J connectivity index is 1.28. The lowest BCUT2D eigenvalue weighted by molar-refractivity contribution is -0.145. The molecule has 0 bridgehead atoms. The number of nitrogens with one attached hydrogen (secondary N) is 2. The monoisotopic (exact) mass is 659 g/mol. The Morgan fingerprint density at radius 3 is 2.33 bits per heavy atom. The zero-order valence-corrected chi connectivity index (χ0v) is 26.7. The van der Waals surface area contributed by atoms with Crippen LogP contribution >= 0.6 is 23.2 Å². The summed E-state index contributed by atoms with van der Waals surface area (Å²) in [6.07, 6.45) is 7.03. The zero-order chi connectivity index (χ0) is 32.1. The maximum absolute atomic E-state index is 14.6. The van der Waals surface area contributed by atoms with Crippen molar-refractivity contribution in [2.45, 2.75) is 88.9 Å². The first-order chi connectivity index (χ1) is 21.7.